The average molecular weight is 435 g/mol. The van der Waals surface area contributed by atoms with Gasteiger partial charge in [-0.2, -0.15) is 11.8 Å². The normalized spacial score (nSPS) is 13.9. The quantitative estimate of drug-likeness (QED) is 0.631. The van der Waals surface area contributed by atoms with Gasteiger partial charge < -0.3 is 10.2 Å². The molecule has 0 bridgehead atoms. The van der Waals surface area contributed by atoms with E-state index in [0.717, 1.165) is 47.1 Å². The maximum absolute atomic E-state index is 13.2. The molecule has 28 heavy (non-hydrogen) atoms. The summed E-state index contributed by atoms with van der Waals surface area (Å²) in [5.74, 6) is 1.93. The second-order valence-corrected chi connectivity index (χ2v) is 8.07. The highest BCUT2D eigenvalue weighted by molar-refractivity contribution is 7.99. The Morgan fingerprint density at radius 3 is 2.57 bits per heavy atom. The highest BCUT2D eigenvalue weighted by Crippen LogP contribution is 2.30. The van der Waals surface area contributed by atoms with Crippen molar-refractivity contribution < 1.29 is 4.79 Å². The number of halogens is 2. The first kappa shape index (κ1) is 20.7. The molecule has 0 saturated carbocycles. The topological polar surface area (TPSA) is 58.1 Å². The van der Waals surface area contributed by atoms with Gasteiger partial charge in [0, 0.05) is 52.6 Å². The second kappa shape index (κ2) is 8.99. The van der Waals surface area contributed by atoms with E-state index < -0.39 is 0 Å². The zero-order valence-electron chi connectivity index (χ0n) is 15.3. The summed E-state index contributed by atoms with van der Waals surface area (Å²) in [4.78, 5) is 24.0. The van der Waals surface area contributed by atoms with Gasteiger partial charge in [0.15, 0.2) is 5.65 Å². The van der Waals surface area contributed by atoms with Crippen molar-refractivity contribution in [3.05, 3.63) is 58.9 Å². The summed E-state index contributed by atoms with van der Waals surface area (Å²) in [6, 6.07) is 11.3. The molecular weight excluding hydrogens is 415 g/mol. The number of carbonyl (C=O) groups is 1. The lowest BCUT2D eigenvalue weighted by atomic mass is 10.1. The summed E-state index contributed by atoms with van der Waals surface area (Å²) in [6.07, 6.45) is 1.64. The average Bonchev–Trinajstić information content (AvgIpc) is 2.70. The van der Waals surface area contributed by atoms with Crippen LogP contribution in [0.3, 0.4) is 0 Å². The van der Waals surface area contributed by atoms with Gasteiger partial charge >= 0.3 is 0 Å². The third kappa shape index (κ3) is 4.35. The predicted octanol–water partition coefficient (Wildman–Crippen LogP) is 4.95. The minimum atomic E-state index is 0. The first-order chi connectivity index (χ1) is 13.1. The molecule has 1 saturated heterocycles. The number of nitrogens with zero attached hydrogens (tertiary/aromatic N) is 3. The fourth-order valence-electron chi connectivity index (χ4n) is 3.08. The Kier molecular flexibility index (Phi) is 6.65. The molecule has 1 fully saturated rings. The van der Waals surface area contributed by atoms with E-state index >= 15 is 0 Å². The van der Waals surface area contributed by atoms with Crippen LogP contribution in [0.5, 0.6) is 0 Å². The van der Waals surface area contributed by atoms with E-state index in [2.05, 4.69) is 15.3 Å². The molecule has 0 atom stereocenters. The molecule has 1 aromatic carbocycles. The van der Waals surface area contributed by atoms with Gasteiger partial charge in [-0.3, -0.25) is 4.79 Å². The van der Waals surface area contributed by atoms with Gasteiger partial charge in [0.25, 0.3) is 5.91 Å². The van der Waals surface area contributed by atoms with E-state index in [0.29, 0.717) is 16.2 Å². The van der Waals surface area contributed by atoms with Gasteiger partial charge in [-0.15, -0.1) is 12.4 Å². The molecule has 5 nitrogen and oxygen atoms in total. The monoisotopic (exact) mass is 434 g/mol. The van der Waals surface area contributed by atoms with Gasteiger partial charge in [0.05, 0.1) is 11.3 Å². The highest BCUT2D eigenvalue weighted by atomic mass is 35.5. The van der Waals surface area contributed by atoms with Gasteiger partial charge in [0.1, 0.15) is 0 Å². The van der Waals surface area contributed by atoms with Gasteiger partial charge in [-0.1, -0.05) is 11.6 Å². The van der Waals surface area contributed by atoms with Crippen LogP contribution in [0.2, 0.25) is 5.02 Å². The Balaban J connectivity index is 0.00000225. The van der Waals surface area contributed by atoms with Crippen LogP contribution in [0.15, 0.2) is 42.6 Å². The summed E-state index contributed by atoms with van der Waals surface area (Å²) in [5, 5.41) is 4.88. The third-order valence-corrected chi connectivity index (χ3v) is 5.71. The van der Waals surface area contributed by atoms with Crippen molar-refractivity contribution >= 4 is 64.1 Å². The van der Waals surface area contributed by atoms with Crippen LogP contribution in [0, 0.1) is 6.92 Å². The molecule has 146 valence electrons. The van der Waals surface area contributed by atoms with Crippen LogP contribution in [0.25, 0.3) is 11.0 Å². The SMILES string of the molecule is Cc1ccc2c(Nc3ccc(Cl)cc3)c(C(=O)N3CCSCC3)cnc2n1.Cl. The van der Waals surface area contributed by atoms with Crippen molar-refractivity contribution in [2.45, 2.75) is 6.92 Å². The molecule has 0 spiro atoms. The standard InChI is InChI=1S/C20H19ClN4OS.ClH/c1-13-2-7-16-18(24-15-5-3-14(21)4-6-15)17(12-22-19(16)23-13)20(26)25-8-10-27-11-9-25;/h2-7,12H,8-11H2,1H3,(H,22,23,24);1H. The number of anilines is 2. The van der Waals surface area contributed by atoms with Gasteiger partial charge in [0.2, 0.25) is 0 Å². The molecule has 3 heterocycles. The summed E-state index contributed by atoms with van der Waals surface area (Å²) in [6.45, 7) is 3.44. The number of aryl methyl sites for hydroxylation is 1. The molecule has 0 radical (unpaired) electrons. The Morgan fingerprint density at radius 2 is 1.86 bits per heavy atom. The van der Waals surface area contributed by atoms with Crippen LogP contribution in [0.1, 0.15) is 16.1 Å². The molecule has 1 aliphatic rings. The lowest BCUT2D eigenvalue weighted by Gasteiger charge is -2.27. The number of benzene rings is 1. The Morgan fingerprint density at radius 1 is 1.14 bits per heavy atom. The summed E-state index contributed by atoms with van der Waals surface area (Å²) in [7, 11) is 0. The number of rotatable bonds is 3. The lowest BCUT2D eigenvalue weighted by molar-refractivity contribution is 0.0773. The number of pyridine rings is 2. The van der Waals surface area contributed by atoms with Crippen molar-refractivity contribution in [3.63, 3.8) is 0 Å². The van der Waals surface area contributed by atoms with E-state index in [9.17, 15) is 4.79 Å². The van der Waals surface area contributed by atoms with E-state index in [1.807, 2.05) is 60.0 Å². The molecule has 1 amide bonds. The van der Waals surface area contributed by atoms with E-state index in [4.69, 9.17) is 11.6 Å². The first-order valence-corrected chi connectivity index (χ1v) is 10.3. The van der Waals surface area contributed by atoms with Crippen LogP contribution in [-0.2, 0) is 0 Å². The number of carbonyl (C=O) groups excluding carboxylic acids is 1. The molecule has 4 rings (SSSR count). The summed E-state index contributed by atoms with van der Waals surface area (Å²) in [5.41, 5.74) is 3.67. The molecular formula is C20H20Cl2N4OS. The molecule has 3 aromatic rings. The lowest BCUT2D eigenvalue weighted by Crippen LogP contribution is -2.38. The molecule has 0 unspecified atom stereocenters. The fourth-order valence-corrected chi connectivity index (χ4v) is 4.11. The minimum absolute atomic E-state index is 0. The molecule has 1 aliphatic heterocycles. The number of hydrogen-bond acceptors (Lipinski definition) is 5. The van der Waals surface area contributed by atoms with E-state index in [1.54, 1.807) is 6.20 Å². The van der Waals surface area contributed by atoms with E-state index in [1.165, 1.54) is 0 Å². The largest absolute Gasteiger partial charge is 0.354 e. The van der Waals surface area contributed by atoms with Gasteiger partial charge in [-0.25, -0.2) is 9.97 Å². The molecule has 8 heteroatoms. The number of fused-ring (bicyclic) bond motifs is 1. The van der Waals surface area contributed by atoms with Gasteiger partial charge in [-0.05, 0) is 43.3 Å². The van der Waals surface area contributed by atoms with Crippen molar-refractivity contribution in [3.8, 4) is 0 Å². The van der Waals surface area contributed by atoms with Crippen LogP contribution in [0.4, 0.5) is 11.4 Å². The number of nitrogens with one attached hydrogen (secondary N) is 1. The number of amides is 1. The zero-order chi connectivity index (χ0) is 18.8. The van der Waals surface area contributed by atoms with Crippen LogP contribution < -0.4 is 5.32 Å². The maximum atomic E-state index is 13.2. The van der Waals surface area contributed by atoms with Crippen LogP contribution >= 0.6 is 35.8 Å². The predicted molar refractivity (Wildman–Crippen MR) is 119 cm³/mol. The number of hydrogen-bond donors (Lipinski definition) is 1. The zero-order valence-corrected chi connectivity index (χ0v) is 17.7. The molecule has 2 aromatic heterocycles. The maximum Gasteiger partial charge on any atom is 0.257 e. The van der Waals surface area contributed by atoms with Crippen molar-refractivity contribution in [2.75, 3.05) is 29.9 Å². The molecule has 1 N–H and O–H groups in total. The Hall–Kier alpha value is -2.02. The number of aromatic nitrogens is 2. The first-order valence-electron chi connectivity index (χ1n) is 8.78. The summed E-state index contributed by atoms with van der Waals surface area (Å²) >= 11 is 7.88. The second-order valence-electron chi connectivity index (χ2n) is 6.41. The van der Waals surface area contributed by atoms with Crippen molar-refractivity contribution in [2.24, 2.45) is 0 Å². The fraction of sp³-hybridized carbons (Fsp3) is 0.250. The highest BCUT2D eigenvalue weighted by Gasteiger charge is 2.23. The summed E-state index contributed by atoms with van der Waals surface area (Å²) < 4.78 is 0. The Labute approximate surface area is 179 Å². The Bertz CT molecular complexity index is 991. The third-order valence-electron chi connectivity index (χ3n) is 4.51. The van der Waals surface area contributed by atoms with E-state index in [-0.39, 0.29) is 18.3 Å². The smallest absolute Gasteiger partial charge is 0.257 e. The van der Waals surface area contributed by atoms with Crippen molar-refractivity contribution in [1.29, 1.82) is 0 Å². The van der Waals surface area contributed by atoms with Crippen molar-refractivity contribution in [1.82, 2.24) is 14.9 Å². The minimum Gasteiger partial charge on any atom is -0.354 e. The number of thioether (sulfide) groups is 1. The van der Waals surface area contributed by atoms with Crippen LogP contribution in [-0.4, -0.2) is 45.4 Å². The molecule has 0 aliphatic carbocycles.